The zero-order valence-corrected chi connectivity index (χ0v) is 13.8. The summed E-state index contributed by atoms with van der Waals surface area (Å²) < 4.78 is 0. The molecule has 0 aromatic heterocycles. The molecule has 0 aromatic carbocycles. The first-order valence-corrected chi connectivity index (χ1v) is 8.52. The molecule has 1 aliphatic carbocycles. The Balaban J connectivity index is 2.45. The number of nitrogens with zero attached hydrogens (tertiary/aromatic N) is 1. The number of nitrogens with one attached hydrogen (secondary N) is 1. The van der Waals surface area contributed by atoms with E-state index in [1.54, 1.807) is 0 Å². The van der Waals surface area contributed by atoms with E-state index in [4.69, 9.17) is 0 Å². The summed E-state index contributed by atoms with van der Waals surface area (Å²) in [4.78, 5) is 2.66. The summed E-state index contributed by atoms with van der Waals surface area (Å²) in [6, 6.07) is 0.844. The van der Waals surface area contributed by atoms with Crippen LogP contribution in [-0.4, -0.2) is 37.6 Å². The molecule has 0 saturated heterocycles. The van der Waals surface area contributed by atoms with Crippen molar-refractivity contribution in [3.05, 3.63) is 0 Å². The van der Waals surface area contributed by atoms with Crippen LogP contribution >= 0.6 is 0 Å². The van der Waals surface area contributed by atoms with Crippen LogP contribution in [0.25, 0.3) is 0 Å². The molecule has 0 amide bonds. The van der Waals surface area contributed by atoms with E-state index >= 15 is 0 Å². The van der Waals surface area contributed by atoms with E-state index in [0.717, 1.165) is 12.6 Å². The smallest absolute Gasteiger partial charge is 0.00924 e. The van der Waals surface area contributed by atoms with Gasteiger partial charge in [0.05, 0.1) is 0 Å². The third kappa shape index (κ3) is 6.27. The van der Waals surface area contributed by atoms with Gasteiger partial charge < -0.3 is 10.2 Å². The number of hydrogen-bond donors (Lipinski definition) is 1. The van der Waals surface area contributed by atoms with Gasteiger partial charge in [-0.15, -0.1) is 0 Å². The predicted octanol–water partition coefficient (Wildman–Crippen LogP) is 4.06. The van der Waals surface area contributed by atoms with Crippen LogP contribution in [0.15, 0.2) is 0 Å². The van der Waals surface area contributed by atoms with Gasteiger partial charge in [0.15, 0.2) is 0 Å². The molecule has 2 heteroatoms. The van der Waals surface area contributed by atoms with Crippen LogP contribution in [0, 0.1) is 5.41 Å². The maximum Gasteiger partial charge on any atom is 0.00924 e. The molecule has 0 spiro atoms. The molecule has 19 heavy (non-hydrogen) atoms. The van der Waals surface area contributed by atoms with Crippen molar-refractivity contribution in [1.29, 1.82) is 0 Å². The third-order valence-electron chi connectivity index (χ3n) is 4.66. The van der Waals surface area contributed by atoms with Crippen molar-refractivity contribution < 1.29 is 0 Å². The summed E-state index contributed by atoms with van der Waals surface area (Å²) in [6.45, 7) is 10.6. The Labute approximate surface area is 121 Å². The fourth-order valence-corrected chi connectivity index (χ4v) is 3.65. The van der Waals surface area contributed by atoms with E-state index in [1.807, 2.05) is 0 Å². The van der Waals surface area contributed by atoms with Gasteiger partial charge in [0.25, 0.3) is 0 Å². The minimum atomic E-state index is 0.441. The van der Waals surface area contributed by atoms with Crippen LogP contribution in [-0.2, 0) is 0 Å². The highest BCUT2D eigenvalue weighted by Crippen LogP contribution is 2.28. The van der Waals surface area contributed by atoms with Crippen molar-refractivity contribution in [2.75, 3.05) is 26.7 Å². The Morgan fingerprint density at radius 1 is 1.11 bits per heavy atom. The summed E-state index contributed by atoms with van der Waals surface area (Å²) in [7, 11) is 2.35. The summed E-state index contributed by atoms with van der Waals surface area (Å²) in [6.07, 6.45) is 11.0. The van der Waals surface area contributed by atoms with Gasteiger partial charge in [0.1, 0.15) is 0 Å². The molecule has 0 aromatic rings. The highest BCUT2D eigenvalue weighted by atomic mass is 15.1. The molecule has 1 unspecified atom stereocenters. The quantitative estimate of drug-likeness (QED) is 0.635. The average molecular weight is 268 g/mol. The molecule has 2 nitrogen and oxygen atoms in total. The van der Waals surface area contributed by atoms with Gasteiger partial charge in [-0.2, -0.15) is 0 Å². The van der Waals surface area contributed by atoms with Crippen molar-refractivity contribution in [3.8, 4) is 0 Å². The van der Waals surface area contributed by atoms with Gasteiger partial charge in [0.2, 0.25) is 0 Å². The normalized spacial score (nSPS) is 20.7. The van der Waals surface area contributed by atoms with Gasteiger partial charge in [-0.25, -0.2) is 0 Å². The molecule has 0 radical (unpaired) electrons. The van der Waals surface area contributed by atoms with Gasteiger partial charge in [-0.3, -0.25) is 0 Å². The molecule has 114 valence electrons. The van der Waals surface area contributed by atoms with Gasteiger partial charge in [-0.1, -0.05) is 46.5 Å². The van der Waals surface area contributed by atoms with E-state index in [-0.39, 0.29) is 0 Å². The average Bonchev–Trinajstić information content (AvgIpc) is 2.40. The Morgan fingerprint density at radius 2 is 1.79 bits per heavy atom. The number of hydrogen-bond acceptors (Lipinski definition) is 2. The van der Waals surface area contributed by atoms with Crippen molar-refractivity contribution in [2.24, 2.45) is 5.41 Å². The summed E-state index contributed by atoms with van der Waals surface area (Å²) in [5.74, 6) is 0. The molecule has 1 N–H and O–H groups in total. The molecule has 0 heterocycles. The maximum absolute atomic E-state index is 3.64. The summed E-state index contributed by atoms with van der Waals surface area (Å²) >= 11 is 0. The lowest BCUT2D eigenvalue weighted by Gasteiger charge is -2.39. The minimum Gasteiger partial charge on any atom is -0.316 e. The molecule has 0 aliphatic heterocycles. The topological polar surface area (TPSA) is 15.3 Å². The second kappa shape index (κ2) is 8.97. The summed E-state index contributed by atoms with van der Waals surface area (Å²) in [5.41, 5.74) is 0.441. The zero-order valence-electron chi connectivity index (χ0n) is 13.8. The third-order valence-corrected chi connectivity index (χ3v) is 4.66. The first-order chi connectivity index (χ1) is 9.11. The molecular weight excluding hydrogens is 232 g/mol. The van der Waals surface area contributed by atoms with Crippen LogP contribution in [0.4, 0.5) is 0 Å². The standard InChI is InChI=1S/C17H36N2/c1-5-12-17(3,14-18-13-6-2)15-19(4)16-10-8-7-9-11-16/h16,18H,5-15H2,1-4H3. The van der Waals surface area contributed by atoms with Crippen molar-refractivity contribution >= 4 is 0 Å². The van der Waals surface area contributed by atoms with Crippen molar-refractivity contribution in [3.63, 3.8) is 0 Å². The molecule has 1 rings (SSSR count). The zero-order chi connectivity index (χ0) is 14.1. The SMILES string of the molecule is CCCNCC(C)(CCC)CN(C)C1CCCCC1. The Kier molecular flexibility index (Phi) is 8.01. The lowest BCUT2D eigenvalue weighted by molar-refractivity contribution is 0.114. The number of rotatable bonds is 9. The molecule has 1 saturated carbocycles. The monoisotopic (exact) mass is 268 g/mol. The Hall–Kier alpha value is -0.0800. The maximum atomic E-state index is 3.64. The minimum absolute atomic E-state index is 0.441. The highest BCUT2D eigenvalue weighted by molar-refractivity contribution is 4.83. The van der Waals surface area contributed by atoms with Crippen molar-refractivity contribution in [2.45, 2.75) is 78.2 Å². The van der Waals surface area contributed by atoms with Crippen LogP contribution in [0.2, 0.25) is 0 Å². The van der Waals surface area contributed by atoms with E-state index in [2.05, 4.69) is 38.0 Å². The van der Waals surface area contributed by atoms with E-state index < -0.39 is 0 Å². The Bertz CT molecular complexity index is 223. The second-order valence-electron chi connectivity index (χ2n) is 6.94. The largest absolute Gasteiger partial charge is 0.316 e. The first kappa shape index (κ1) is 17.0. The second-order valence-corrected chi connectivity index (χ2v) is 6.94. The molecule has 0 bridgehead atoms. The van der Waals surface area contributed by atoms with Crippen molar-refractivity contribution in [1.82, 2.24) is 10.2 Å². The molecular formula is C17H36N2. The van der Waals surface area contributed by atoms with Gasteiger partial charge >= 0.3 is 0 Å². The van der Waals surface area contributed by atoms with Crippen LogP contribution in [0.3, 0.4) is 0 Å². The fourth-order valence-electron chi connectivity index (χ4n) is 3.65. The highest BCUT2D eigenvalue weighted by Gasteiger charge is 2.28. The van der Waals surface area contributed by atoms with Crippen LogP contribution in [0.1, 0.15) is 72.1 Å². The summed E-state index contributed by atoms with van der Waals surface area (Å²) in [5, 5.41) is 3.64. The van der Waals surface area contributed by atoms with E-state index in [1.165, 1.54) is 64.5 Å². The van der Waals surface area contributed by atoms with Crippen LogP contribution < -0.4 is 5.32 Å². The lowest BCUT2D eigenvalue weighted by atomic mass is 9.83. The van der Waals surface area contributed by atoms with Gasteiger partial charge in [-0.05, 0) is 44.7 Å². The van der Waals surface area contributed by atoms with E-state index in [0.29, 0.717) is 5.41 Å². The van der Waals surface area contributed by atoms with Gasteiger partial charge in [0, 0.05) is 19.1 Å². The first-order valence-electron chi connectivity index (χ1n) is 8.52. The predicted molar refractivity (Wildman–Crippen MR) is 85.7 cm³/mol. The van der Waals surface area contributed by atoms with Crippen LogP contribution in [0.5, 0.6) is 0 Å². The van der Waals surface area contributed by atoms with E-state index in [9.17, 15) is 0 Å². The fraction of sp³-hybridized carbons (Fsp3) is 1.00. The lowest BCUT2D eigenvalue weighted by Crippen LogP contribution is -2.45. The Morgan fingerprint density at radius 3 is 2.37 bits per heavy atom. The molecule has 1 fully saturated rings. The molecule has 1 atom stereocenters. The molecule has 1 aliphatic rings.